The van der Waals surface area contributed by atoms with E-state index < -0.39 is 0 Å². The van der Waals surface area contributed by atoms with Crippen LogP contribution in [0.1, 0.15) is 17.0 Å². The van der Waals surface area contributed by atoms with Gasteiger partial charge in [-0.1, -0.05) is 0 Å². The first-order chi connectivity index (χ1) is 7.58. The summed E-state index contributed by atoms with van der Waals surface area (Å²) in [6.45, 7) is 5.76. The maximum absolute atomic E-state index is 5.83. The lowest BCUT2D eigenvalue weighted by atomic mass is 10.1. The Morgan fingerprint density at radius 3 is 2.50 bits per heavy atom. The standard InChI is InChI=1S/C12H14N4/c1-7-4-10(6-14-5-7)11-8(2)12(13)16-9(3)15-11/h4-6H,1-3H3,(H2,13,15,16). The SMILES string of the molecule is Cc1cncc(-c2nc(C)nc(N)c2C)c1. The van der Waals surface area contributed by atoms with Crippen LogP contribution in [-0.2, 0) is 0 Å². The molecule has 0 spiro atoms. The van der Waals surface area contributed by atoms with Crippen molar-refractivity contribution in [1.29, 1.82) is 0 Å². The fraction of sp³-hybridized carbons (Fsp3) is 0.250. The minimum Gasteiger partial charge on any atom is -0.383 e. The molecule has 0 aliphatic carbocycles. The Kier molecular flexibility index (Phi) is 2.56. The number of anilines is 1. The molecule has 0 unspecified atom stereocenters. The Morgan fingerprint density at radius 2 is 1.81 bits per heavy atom. The van der Waals surface area contributed by atoms with Crippen molar-refractivity contribution in [2.24, 2.45) is 0 Å². The van der Waals surface area contributed by atoms with E-state index in [4.69, 9.17) is 5.73 Å². The lowest BCUT2D eigenvalue weighted by Gasteiger charge is -2.08. The summed E-state index contributed by atoms with van der Waals surface area (Å²) < 4.78 is 0. The van der Waals surface area contributed by atoms with E-state index in [-0.39, 0.29) is 0 Å². The van der Waals surface area contributed by atoms with E-state index in [1.165, 1.54) is 0 Å². The molecule has 4 nitrogen and oxygen atoms in total. The van der Waals surface area contributed by atoms with Crippen molar-refractivity contribution in [3.63, 3.8) is 0 Å². The number of pyridine rings is 1. The van der Waals surface area contributed by atoms with Gasteiger partial charge in [0.15, 0.2) is 0 Å². The second-order valence-electron chi connectivity index (χ2n) is 3.88. The zero-order chi connectivity index (χ0) is 11.7. The van der Waals surface area contributed by atoms with E-state index in [1.807, 2.05) is 33.0 Å². The van der Waals surface area contributed by atoms with Crippen LogP contribution in [0.15, 0.2) is 18.5 Å². The summed E-state index contributed by atoms with van der Waals surface area (Å²) in [6.07, 6.45) is 3.61. The van der Waals surface area contributed by atoms with Crippen LogP contribution in [-0.4, -0.2) is 15.0 Å². The number of nitrogens with two attached hydrogens (primary N) is 1. The molecule has 0 aromatic carbocycles. The first kappa shape index (κ1) is 10.5. The summed E-state index contributed by atoms with van der Waals surface area (Å²) in [7, 11) is 0. The Hall–Kier alpha value is -1.97. The van der Waals surface area contributed by atoms with Crippen molar-refractivity contribution in [3.05, 3.63) is 35.4 Å². The van der Waals surface area contributed by atoms with Crippen LogP contribution >= 0.6 is 0 Å². The third kappa shape index (κ3) is 1.86. The van der Waals surface area contributed by atoms with Crippen molar-refractivity contribution in [2.45, 2.75) is 20.8 Å². The molecule has 0 radical (unpaired) electrons. The fourth-order valence-corrected chi connectivity index (χ4v) is 1.62. The van der Waals surface area contributed by atoms with E-state index in [9.17, 15) is 0 Å². The lowest BCUT2D eigenvalue weighted by Crippen LogP contribution is -2.02. The molecule has 0 aliphatic heterocycles. The van der Waals surface area contributed by atoms with Gasteiger partial charge in [0.2, 0.25) is 0 Å². The number of nitrogen functional groups attached to an aromatic ring is 1. The van der Waals surface area contributed by atoms with Gasteiger partial charge in [-0.15, -0.1) is 0 Å². The van der Waals surface area contributed by atoms with Crippen molar-refractivity contribution < 1.29 is 0 Å². The highest BCUT2D eigenvalue weighted by Gasteiger charge is 2.09. The second-order valence-corrected chi connectivity index (χ2v) is 3.88. The molecule has 2 heterocycles. The molecule has 2 rings (SSSR count). The van der Waals surface area contributed by atoms with Crippen LogP contribution in [0.25, 0.3) is 11.3 Å². The highest BCUT2D eigenvalue weighted by Crippen LogP contribution is 2.23. The molecule has 0 saturated carbocycles. The highest BCUT2D eigenvalue weighted by atomic mass is 14.9. The third-order valence-corrected chi connectivity index (χ3v) is 2.44. The normalized spacial score (nSPS) is 10.4. The monoisotopic (exact) mass is 214 g/mol. The minimum absolute atomic E-state index is 0.531. The summed E-state index contributed by atoms with van der Waals surface area (Å²) in [4.78, 5) is 12.7. The average molecular weight is 214 g/mol. The molecule has 0 amide bonds. The predicted molar refractivity (Wildman–Crippen MR) is 63.9 cm³/mol. The number of nitrogens with zero attached hydrogens (tertiary/aromatic N) is 3. The van der Waals surface area contributed by atoms with Crippen LogP contribution in [0.2, 0.25) is 0 Å². The summed E-state index contributed by atoms with van der Waals surface area (Å²) in [5, 5.41) is 0. The third-order valence-electron chi connectivity index (χ3n) is 2.44. The quantitative estimate of drug-likeness (QED) is 0.789. The Bertz CT molecular complexity index is 535. The number of rotatable bonds is 1. The van der Waals surface area contributed by atoms with Crippen molar-refractivity contribution in [2.75, 3.05) is 5.73 Å². The molecule has 2 aromatic rings. The lowest BCUT2D eigenvalue weighted by molar-refractivity contribution is 1.04. The molecule has 0 aliphatic rings. The number of hydrogen-bond donors (Lipinski definition) is 1. The van der Waals surface area contributed by atoms with E-state index in [2.05, 4.69) is 15.0 Å². The van der Waals surface area contributed by atoms with E-state index in [0.717, 1.165) is 22.4 Å². The highest BCUT2D eigenvalue weighted by molar-refractivity contribution is 5.66. The van der Waals surface area contributed by atoms with Crippen molar-refractivity contribution in [3.8, 4) is 11.3 Å². The molecule has 2 N–H and O–H groups in total. The first-order valence-electron chi connectivity index (χ1n) is 5.10. The minimum atomic E-state index is 0.531. The van der Waals surface area contributed by atoms with Gasteiger partial charge < -0.3 is 5.73 Å². The molecule has 0 bridgehead atoms. The van der Waals surface area contributed by atoms with E-state index >= 15 is 0 Å². The Morgan fingerprint density at radius 1 is 1.06 bits per heavy atom. The van der Waals surface area contributed by atoms with Crippen LogP contribution in [0.4, 0.5) is 5.82 Å². The molecule has 0 atom stereocenters. The van der Waals surface area contributed by atoms with Gasteiger partial charge in [0.1, 0.15) is 11.6 Å². The Labute approximate surface area is 94.6 Å². The van der Waals surface area contributed by atoms with Gasteiger partial charge in [0.25, 0.3) is 0 Å². The second kappa shape index (κ2) is 3.89. The number of aromatic nitrogens is 3. The van der Waals surface area contributed by atoms with Gasteiger partial charge in [-0.25, -0.2) is 9.97 Å². The van der Waals surface area contributed by atoms with Gasteiger partial charge >= 0.3 is 0 Å². The summed E-state index contributed by atoms with van der Waals surface area (Å²) in [5.41, 5.74) is 9.67. The average Bonchev–Trinajstić information content (AvgIpc) is 2.23. The molecular formula is C12H14N4. The van der Waals surface area contributed by atoms with E-state index in [0.29, 0.717) is 11.6 Å². The van der Waals surface area contributed by atoms with Gasteiger partial charge in [0, 0.05) is 23.5 Å². The predicted octanol–water partition coefficient (Wildman–Crippen LogP) is 2.05. The summed E-state index contributed by atoms with van der Waals surface area (Å²) >= 11 is 0. The smallest absolute Gasteiger partial charge is 0.130 e. The maximum atomic E-state index is 5.83. The topological polar surface area (TPSA) is 64.7 Å². The van der Waals surface area contributed by atoms with E-state index in [1.54, 1.807) is 6.20 Å². The molecule has 0 saturated heterocycles. The summed E-state index contributed by atoms with van der Waals surface area (Å²) in [5.74, 6) is 1.21. The number of hydrogen-bond acceptors (Lipinski definition) is 4. The zero-order valence-corrected chi connectivity index (χ0v) is 9.65. The van der Waals surface area contributed by atoms with Gasteiger partial charge in [-0.3, -0.25) is 4.98 Å². The van der Waals surface area contributed by atoms with Crippen LogP contribution in [0.5, 0.6) is 0 Å². The Balaban J connectivity index is 2.64. The number of aryl methyl sites for hydroxylation is 2. The van der Waals surface area contributed by atoms with Gasteiger partial charge in [-0.2, -0.15) is 0 Å². The van der Waals surface area contributed by atoms with Crippen molar-refractivity contribution >= 4 is 5.82 Å². The maximum Gasteiger partial charge on any atom is 0.130 e. The van der Waals surface area contributed by atoms with Gasteiger partial charge in [-0.05, 0) is 32.4 Å². The fourth-order valence-electron chi connectivity index (χ4n) is 1.62. The summed E-state index contributed by atoms with van der Waals surface area (Å²) in [6, 6.07) is 2.04. The molecule has 0 fully saturated rings. The molecule has 4 heteroatoms. The van der Waals surface area contributed by atoms with Crippen LogP contribution < -0.4 is 5.73 Å². The molecular weight excluding hydrogens is 200 g/mol. The molecule has 2 aromatic heterocycles. The van der Waals surface area contributed by atoms with Crippen LogP contribution in [0, 0.1) is 20.8 Å². The molecule has 16 heavy (non-hydrogen) atoms. The van der Waals surface area contributed by atoms with Gasteiger partial charge in [0.05, 0.1) is 5.69 Å². The molecule has 82 valence electrons. The first-order valence-corrected chi connectivity index (χ1v) is 5.10. The van der Waals surface area contributed by atoms with Crippen LogP contribution in [0.3, 0.4) is 0 Å². The van der Waals surface area contributed by atoms with Crippen molar-refractivity contribution in [1.82, 2.24) is 15.0 Å². The largest absolute Gasteiger partial charge is 0.383 e. The zero-order valence-electron chi connectivity index (χ0n) is 9.65.